The van der Waals surface area contributed by atoms with Gasteiger partial charge in [-0.05, 0) is 26.4 Å². The number of nitrogens with zero attached hydrogens (tertiary/aromatic N) is 2. The third-order valence-electron chi connectivity index (χ3n) is 2.97. The van der Waals surface area contributed by atoms with Gasteiger partial charge in [-0.3, -0.25) is 5.41 Å². The van der Waals surface area contributed by atoms with Crippen molar-refractivity contribution >= 4 is 5.84 Å². The van der Waals surface area contributed by atoms with Crippen LogP contribution in [0.25, 0.3) is 0 Å². The Morgan fingerprint density at radius 3 is 2.75 bits per heavy atom. The van der Waals surface area contributed by atoms with Gasteiger partial charge in [-0.1, -0.05) is 0 Å². The van der Waals surface area contributed by atoms with Crippen molar-refractivity contribution in [2.24, 2.45) is 0 Å². The molecule has 0 aromatic rings. The zero-order valence-corrected chi connectivity index (χ0v) is 7.71. The first-order chi connectivity index (χ1) is 5.77. The minimum Gasteiger partial charge on any atom is -0.356 e. The van der Waals surface area contributed by atoms with Gasteiger partial charge < -0.3 is 9.80 Å². The summed E-state index contributed by atoms with van der Waals surface area (Å²) in [4.78, 5) is 4.65. The summed E-state index contributed by atoms with van der Waals surface area (Å²) in [6.07, 6.45) is 3.44. The Hall–Kier alpha value is -0.570. The fourth-order valence-electron chi connectivity index (χ4n) is 2.26. The molecule has 0 aliphatic carbocycles. The number of amidine groups is 1. The van der Waals surface area contributed by atoms with Gasteiger partial charge in [-0.2, -0.15) is 0 Å². The highest BCUT2D eigenvalue weighted by Gasteiger charge is 2.29. The highest BCUT2D eigenvalue weighted by molar-refractivity contribution is 5.81. The molecule has 12 heavy (non-hydrogen) atoms. The molecule has 2 aliphatic heterocycles. The molecule has 0 aromatic heterocycles. The fraction of sp³-hybridized carbons (Fsp3) is 0.889. The average molecular weight is 167 g/mol. The van der Waals surface area contributed by atoms with E-state index in [9.17, 15) is 0 Å². The number of hydrogen-bond acceptors (Lipinski definition) is 2. The summed E-state index contributed by atoms with van der Waals surface area (Å²) in [5.41, 5.74) is 0. The van der Waals surface area contributed by atoms with E-state index in [2.05, 4.69) is 16.8 Å². The van der Waals surface area contributed by atoms with Gasteiger partial charge in [-0.25, -0.2) is 0 Å². The van der Waals surface area contributed by atoms with Crippen LogP contribution in [-0.2, 0) is 0 Å². The van der Waals surface area contributed by atoms with Crippen molar-refractivity contribution in [1.29, 1.82) is 5.41 Å². The molecule has 2 fully saturated rings. The second kappa shape index (κ2) is 3.05. The Morgan fingerprint density at radius 2 is 2.25 bits per heavy atom. The highest BCUT2D eigenvalue weighted by atomic mass is 15.3. The molecule has 3 heteroatoms. The molecule has 0 bridgehead atoms. The van der Waals surface area contributed by atoms with Gasteiger partial charge in [0.05, 0.1) is 5.84 Å². The third-order valence-corrected chi connectivity index (χ3v) is 2.97. The Balaban J connectivity index is 1.96. The lowest BCUT2D eigenvalue weighted by atomic mass is 10.2. The van der Waals surface area contributed by atoms with Crippen LogP contribution in [0.4, 0.5) is 0 Å². The van der Waals surface area contributed by atoms with Crippen molar-refractivity contribution in [2.75, 3.05) is 26.7 Å². The van der Waals surface area contributed by atoms with E-state index < -0.39 is 0 Å². The molecule has 1 atom stereocenters. The molecule has 0 aromatic carbocycles. The predicted molar refractivity (Wildman–Crippen MR) is 49.6 cm³/mol. The Labute approximate surface area is 73.9 Å². The molecule has 0 saturated carbocycles. The molecular weight excluding hydrogens is 150 g/mol. The number of nitrogens with one attached hydrogen (secondary N) is 1. The largest absolute Gasteiger partial charge is 0.356 e. The molecule has 0 radical (unpaired) electrons. The van der Waals surface area contributed by atoms with Gasteiger partial charge in [0.25, 0.3) is 0 Å². The summed E-state index contributed by atoms with van der Waals surface area (Å²) < 4.78 is 0. The first-order valence-electron chi connectivity index (χ1n) is 4.80. The summed E-state index contributed by atoms with van der Waals surface area (Å²) >= 11 is 0. The quantitative estimate of drug-likeness (QED) is 0.625. The van der Waals surface area contributed by atoms with Gasteiger partial charge >= 0.3 is 0 Å². The normalized spacial score (nSPS) is 31.9. The van der Waals surface area contributed by atoms with Crippen molar-refractivity contribution in [3.8, 4) is 0 Å². The van der Waals surface area contributed by atoms with E-state index in [4.69, 9.17) is 5.41 Å². The van der Waals surface area contributed by atoms with E-state index in [0.29, 0.717) is 6.04 Å². The molecular formula is C9H17N3. The first kappa shape index (κ1) is 8.05. The maximum atomic E-state index is 7.74. The van der Waals surface area contributed by atoms with E-state index in [-0.39, 0.29) is 0 Å². The third kappa shape index (κ3) is 1.33. The zero-order chi connectivity index (χ0) is 8.55. The van der Waals surface area contributed by atoms with Gasteiger partial charge in [0.1, 0.15) is 0 Å². The van der Waals surface area contributed by atoms with Gasteiger partial charge in [-0.15, -0.1) is 0 Å². The SMILES string of the molecule is CN1CCC(N2CCCC2=N)C1. The van der Waals surface area contributed by atoms with Gasteiger partial charge in [0, 0.05) is 25.6 Å². The van der Waals surface area contributed by atoms with Crippen LogP contribution < -0.4 is 0 Å². The molecule has 3 nitrogen and oxygen atoms in total. The van der Waals surface area contributed by atoms with Crippen LogP contribution in [0.2, 0.25) is 0 Å². The standard InChI is InChI=1S/C9H17N3/c1-11-6-4-8(7-11)12-5-2-3-9(12)10/h8,10H,2-7H2,1H3. The van der Waals surface area contributed by atoms with E-state index in [0.717, 1.165) is 25.3 Å². The molecule has 1 unspecified atom stereocenters. The van der Waals surface area contributed by atoms with Crippen LogP contribution in [0.15, 0.2) is 0 Å². The molecule has 68 valence electrons. The summed E-state index contributed by atoms with van der Waals surface area (Å²) in [5, 5.41) is 7.74. The number of likely N-dealkylation sites (N-methyl/N-ethyl adjacent to an activating group) is 1. The molecule has 0 spiro atoms. The molecule has 2 heterocycles. The molecule has 0 amide bonds. The van der Waals surface area contributed by atoms with Crippen LogP contribution in [0, 0.1) is 5.41 Å². The van der Waals surface area contributed by atoms with E-state index >= 15 is 0 Å². The predicted octanol–water partition coefficient (Wildman–Crippen LogP) is 0.764. The molecule has 2 rings (SSSR count). The summed E-state index contributed by atoms with van der Waals surface area (Å²) in [7, 11) is 2.17. The van der Waals surface area contributed by atoms with Crippen LogP contribution >= 0.6 is 0 Å². The van der Waals surface area contributed by atoms with E-state index in [1.807, 2.05) is 0 Å². The number of hydrogen-bond donors (Lipinski definition) is 1. The lowest BCUT2D eigenvalue weighted by Gasteiger charge is -2.25. The van der Waals surface area contributed by atoms with Crippen molar-refractivity contribution < 1.29 is 0 Å². The van der Waals surface area contributed by atoms with E-state index in [1.165, 1.54) is 19.4 Å². The Kier molecular flexibility index (Phi) is 2.05. The van der Waals surface area contributed by atoms with Crippen molar-refractivity contribution in [3.63, 3.8) is 0 Å². The Morgan fingerprint density at radius 1 is 1.42 bits per heavy atom. The van der Waals surface area contributed by atoms with Crippen LogP contribution in [0.3, 0.4) is 0 Å². The molecule has 2 aliphatic rings. The first-order valence-corrected chi connectivity index (χ1v) is 4.80. The number of rotatable bonds is 1. The topological polar surface area (TPSA) is 30.3 Å². The molecule has 1 N–H and O–H groups in total. The second-order valence-corrected chi connectivity index (χ2v) is 3.95. The lowest BCUT2D eigenvalue weighted by molar-refractivity contribution is 0.319. The highest BCUT2D eigenvalue weighted by Crippen LogP contribution is 2.20. The Bertz CT molecular complexity index is 190. The fourth-order valence-corrected chi connectivity index (χ4v) is 2.26. The van der Waals surface area contributed by atoms with Crippen molar-refractivity contribution in [1.82, 2.24) is 9.80 Å². The zero-order valence-electron chi connectivity index (χ0n) is 7.71. The molecule has 2 saturated heterocycles. The average Bonchev–Trinajstić information content (AvgIpc) is 2.58. The van der Waals surface area contributed by atoms with Gasteiger partial charge in [0.15, 0.2) is 0 Å². The second-order valence-electron chi connectivity index (χ2n) is 3.95. The van der Waals surface area contributed by atoms with Crippen molar-refractivity contribution in [2.45, 2.75) is 25.3 Å². The van der Waals surface area contributed by atoms with E-state index in [1.54, 1.807) is 0 Å². The summed E-state index contributed by atoms with van der Waals surface area (Å²) in [5.74, 6) is 0.871. The monoisotopic (exact) mass is 167 g/mol. The minimum absolute atomic E-state index is 0.644. The number of likely N-dealkylation sites (tertiary alicyclic amines) is 2. The van der Waals surface area contributed by atoms with Crippen LogP contribution in [-0.4, -0.2) is 48.4 Å². The lowest BCUT2D eigenvalue weighted by Crippen LogP contribution is -2.37. The summed E-state index contributed by atoms with van der Waals surface area (Å²) in [6.45, 7) is 3.48. The van der Waals surface area contributed by atoms with Crippen LogP contribution in [0.1, 0.15) is 19.3 Å². The maximum Gasteiger partial charge on any atom is 0.0961 e. The summed E-state index contributed by atoms with van der Waals surface area (Å²) in [6, 6.07) is 0.644. The van der Waals surface area contributed by atoms with Crippen LogP contribution in [0.5, 0.6) is 0 Å². The maximum absolute atomic E-state index is 7.74. The minimum atomic E-state index is 0.644. The smallest absolute Gasteiger partial charge is 0.0961 e. The van der Waals surface area contributed by atoms with Gasteiger partial charge in [0.2, 0.25) is 0 Å². The van der Waals surface area contributed by atoms with Crippen molar-refractivity contribution in [3.05, 3.63) is 0 Å².